The van der Waals surface area contributed by atoms with Crippen molar-refractivity contribution in [2.75, 3.05) is 26.6 Å². The Kier molecular flexibility index (Phi) is 6.49. The summed E-state index contributed by atoms with van der Waals surface area (Å²) in [6, 6.07) is 17.6. The Bertz CT molecular complexity index is 1230. The second-order valence-electron chi connectivity index (χ2n) is 7.53. The molecular weight excluding hydrogens is 439 g/mol. The summed E-state index contributed by atoms with van der Waals surface area (Å²) in [4.78, 5) is 28.0. The number of nitrogens with one attached hydrogen (secondary N) is 1. The molecule has 1 aliphatic rings. The fourth-order valence-electron chi connectivity index (χ4n) is 3.66. The molecule has 2 amide bonds. The summed E-state index contributed by atoms with van der Waals surface area (Å²) in [6.07, 6.45) is 0. The minimum atomic E-state index is -0.498. The van der Waals surface area contributed by atoms with Gasteiger partial charge in [-0.05, 0) is 35.4 Å². The highest BCUT2D eigenvalue weighted by Gasteiger charge is 2.39. The number of hydrogen-bond acceptors (Lipinski definition) is 6. The first-order valence-electron chi connectivity index (χ1n) is 10.4. The second kappa shape index (κ2) is 9.66. The smallest absolute Gasteiger partial charge is 0.278 e. The first-order chi connectivity index (χ1) is 16.4. The van der Waals surface area contributed by atoms with E-state index in [1.54, 1.807) is 61.7 Å². The Morgan fingerprint density at radius 3 is 1.91 bits per heavy atom. The first-order valence-corrected chi connectivity index (χ1v) is 10.4. The molecule has 4 rings (SSSR count). The lowest BCUT2D eigenvalue weighted by Gasteiger charge is -2.16. The third-order valence-corrected chi connectivity index (χ3v) is 5.42. The van der Waals surface area contributed by atoms with Crippen LogP contribution in [-0.4, -0.2) is 38.0 Å². The van der Waals surface area contributed by atoms with Gasteiger partial charge in [-0.2, -0.15) is 0 Å². The molecule has 1 heterocycles. The van der Waals surface area contributed by atoms with Crippen LogP contribution in [0.25, 0.3) is 5.57 Å². The van der Waals surface area contributed by atoms with Crippen molar-refractivity contribution in [3.63, 3.8) is 0 Å². The summed E-state index contributed by atoms with van der Waals surface area (Å²) in [5.41, 5.74) is 2.03. The van der Waals surface area contributed by atoms with E-state index in [0.29, 0.717) is 34.1 Å². The summed E-state index contributed by atoms with van der Waals surface area (Å²) >= 11 is 0. The van der Waals surface area contributed by atoms with Crippen molar-refractivity contribution in [1.82, 2.24) is 4.90 Å². The van der Waals surface area contributed by atoms with Crippen LogP contribution < -0.4 is 19.5 Å². The van der Waals surface area contributed by atoms with Crippen molar-refractivity contribution in [2.45, 2.75) is 6.54 Å². The molecule has 0 saturated heterocycles. The van der Waals surface area contributed by atoms with Crippen LogP contribution in [0.1, 0.15) is 11.1 Å². The lowest BCUT2D eigenvalue weighted by Crippen LogP contribution is -2.32. The first kappa shape index (κ1) is 22.8. The molecule has 1 aliphatic heterocycles. The van der Waals surface area contributed by atoms with Gasteiger partial charge in [0.2, 0.25) is 0 Å². The number of anilines is 1. The molecule has 0 aliphatic carbocycles. The molecule has 0 unspecified atom stereocenters. The number of hydrogen-bond donors (Lipinski definition) is 1. The molecule has 0 radical (unpaired) electrons. The van der Waals surface area contributed by atoms with Gasteiger partial charge in [0.05, 0.1) is 33.4 Å². The molecule has 0 atom stereocenters. The summed E-state index contributed by atoms with van der Waals surface area (Å²) in [5.74, 6) is 0.311. The molecule has 0 aromatic heterocycles. The number of benzene rings is 3. The topological polar surface area (TPSA) is 77.1 Å². The van der Waals surface area contributed by atoms with Crippen molar-refractivity contribution in [3.05, 3.63) is 89.4 Å². The van der Waals surface area contributed by atoms with Crippen LogP contribution in [0.5, 0.6) is 17.2 Å². The van der Waals surface area contributed by atoms with Crippen molar-refractivity contribution in [2.24, 2.45) is 0 Å². The van der Waals surface area contributed by atoms with E-state index in [2.05, 4.69) is 5.32 Å². The molecule has 0 saturated carbocycles. The van der Waals surface area contributed by atoms with E-state index < -0.39 is 17.6 Å². The van der Waals surface area contributed by atoms with E-state index in [1.165, 1.54) is 26.4 Å². The molecule has 0 fully saturated rings. The number of amides is 2. The number of imide groups is 1. The molecule has 1 N–H and O–H groups in total. The van der Waals surface area contributed by atoms with Gasteiger partial charge in [-0.15, -0.1) is 0 Å². The van der Waals surface area contributed by atoms with Crippen molar-refractivity contribution < 1.29 is 28.2 Å². The highest BCUT2D eigenvalue weighted by molar-refractivity contribution is 6.36. The zero-order valence-corrected chi connectivity index (χ0v) is 18.9. The van der Waals surface area contributed by atoms with Gasteiger partial charge in [0, 0.05) is 23.9 Å². The molecule has 3 aromatic carbocycles. The summed E-state index contributed by atoms with van der Waals surface area (Å²) in [6.45, 7) is 0.00418. The number of halogens is 1. The Hall–Kier alpha value is -4.33. The monoisotopic (exact) mass is 462 g/mol. The van der Waals surface area contributed by atoms with Gasteiger partial charge in [0.1, 0.15) is 28.8 Å². The molecule has 8 heteroatoms. The van der Waals surface area contributed by atoms with Crippen molar-refractivity contribution >= 4 is 23.1 Å². The summed E-state index contributed by atoms with van der Waals surface area (Å²) in [7, 11) is 4.59. The lowest BCUT2D eigenvalue weighted by atomic mass is 10.0. The fourth-order valence-corrected chi connectivity index (χ4v) is 3.66. The standard InChI is InChI=1S/C26H23FN2O5/c1-32-20-10-6-17(7-11-20)23-24(28-19-12-21(33-2)14-22(13-19)34-3)26(31)29(25(23)30)15-16-4-8-18(27)9-5-16/h4-14,28H,15H2,1-3H3. The highest BCUT2D eigenvalue weighted by Crippen LogP contribution is 2.34. The number of carbonyl (C=O) groups excluding carboxylic acids is 2. The van der Waals surface area contributed by atoms with Gasteiger partial charge >= 0.3 is 0 Å². The van der Waals surface area contributed by atoms with Crippen LogP contribution in [-0.2, 0) is 16.1 Å². The quantitative estimate of drug-likeness (QED) is 0.505. The number of ether oxygens (including phenoxy) is 3. The molecule has 3 aromatic rings. The minimum absolute atomic E-state index is 0.00418. The van der Waals surface area contributed by atoms with Crippen LogP contribution in [0, 0.1) is 5.82 Å². The Morgan fingerprint density at radius 1 is 0.765 bits per heavy atom. The van der Waals surface area contributed by atoms with Gasteiger partial charge in [-0.3, -0.25) is 14.5 Å². The van der Waals surface area contributed by atoms with E-state index in [4.69, 9.17) is 14.2 Å². The molecule has 0 bridgehead atoms. The maximum atomic E-state index is 13.4. The number of rotatable bonds is 8. The maximum Gasteiger partial charge on any atom is 0.278 e. The van der Waals surface area contributed by atoms with Crippen LogP contribution in [0.2, 0.25) is 0 Å². The van der Waals surface area contributed by atoms with E-state index in [0.717, 1.165) is 4.90 Å². The Labute approximate surface area is 196 Å². The van der Waals surface area contributed by atoms with Crippen LogP contribution >= 0.6 is 0 Å². The van der Waals surface area contributed by atoms with E-state index in [-0.39, 0.29) is 17.8 Å². The zero-order chi connectivity index (χ0) is 24.2. The average Bonchev–Trinajstić information content (AvgIpc) is 3.09. The van der Waals surface area contributed by atoms with Gasteiger partial charge in [0.15, 0.2) is 0 Å². The SMILES string of the molecule is COc1ccc(C2=C(Nc3cc(OC)cc(OC)c3)C(=O)N(Cc3ccc(F)cc3)C2=O)cc1. The number of methoxy groups -OCH3 is 3. The minimum Gasteiger partial charge on any atom is -0.497 e. The largest absolute Gasteiger partial charge is 0.497 e. The van der Waals surface area contributed by atoms with Crippen molar-refractivity contribution in [1.29, 1.82) is 0 Å². The predicted octanol–water partition coefficient (Wildman–Crippen LogP) is 4.24. The Balaban J connectivity index is 1.75. The molecule has 34 heavy (non-hydrogen) atoms. The predicted molar refractivity (Wildman–Crippen MR) is 125 cm³/mol. The second-order valence-corrected chi connectivity index (χ2v) is 7.53. The van der Waals surface area contributed by atoms with E-state index in [1.807, 2.05) is 0 Å². The van der Waals surface area contributed by atoms with Crippen LogP contribution in [0.4, 0.5) is 10.1 Å². The van der Waals surface area contributed by atoms with Gasteiger partial charge in [-0.25, -0.2) is 4.39 Å². The average molecular weight is 462 g/mol. The summed E-state index contributed by atoms with van der Waals surface area (Å²) < 4.78 is 29.2. The van der Waals surface area contributed by atoms with Gasteiger partial charge < -0.3 is 19.5 Å². The molecule has 0 spiro atoms. The highest BCUT2D eigenvalue weighted by atomic mass is 19.1. The molecule has 174 valence electrons. The zero-order valence-electron chi connectivity index (χ0n) is 18.9. The Morgan fingerprint density at radius 2 is 1.35 bits per heavy atom. The molecular formula is C26H23FN2O5. The summed E-state index contributed by atoms with van der Waals surface area (Å²) in [5, 5.41) is 3.09. The normalized spacial score (nSPS) is 13.4. The maximum absolute atomic E-state index is 13.4. The third-order valence-electron chi connectivity index (χ3n) is 5.42. The van der Waals surface area contributed by atoms with Crippen LogP contribution in [0.3, 0.4) is 0 Å². The number of nitrogens with zero attached hydrogens (tertiary/aromatic N) is 1. The van der Waals surface area contributed by atoms with Gasteiger partial charge in [-0.1, -0.05) is 24.3 Å². The van der Waals surface area contributed by atoms with E-state index in [9.17, 15) is 14.0 Å². The fraction of sp³-hybridized carbons (Fsp3) is 0.154. The number of carbonyl (C=O) groups is 2. The van der Waals surface area contributed by atoms with Crippen LogP contribution in [0.15, 0.2) is 72.4 Å². The third kappa shape index (κ3) is 4.56. The van der Waals surface area contributed by atoms with Crippen molar-refractivity contribution in [3.8, 4) is 17.2 Å². The van der Waals surface area contributed by atoms with Gasteiger partial charge in [0.25, 0.3) is 11.8 Å². The van der Waals surface area contributed by atoms with E-state index >= 15 is 0 Å². The lowest BCUT2D eigenvalue weighted by molar-refractivity contribution is -0.137. The molecule has 7 nitrogen and oxygen atoms in total.